The summed E-state index contributed by atoms with van der Waals surface area (Å²) in [7, 11) is 3.23. The molecule has 22 heavy (non-hydrogen) atoms. The lowest BCUT2D eigenvalue weighted by atomic mass is 10.2. The van der Waals surface area contributed by atoms with Crippen LogP contribution in [-0.4, -0.2) is 39.2 Å². The van der Waals surface area contributed by atoms with Gasteiger partial charge < -0.3 is 14.4 Å². The van der Waals surface area contributed by atoms with E-state index in [0.717, 1.165) is 11.5 Å². The predicted molar refractivity (Wildman–Crippen MR) is 88.8 cm³/mol. The Labute approximate surface area is 130 Å². The van der Waals surface area contributed by atoms with Gasteiger partial charge in [0.1, 0.15) is 12.5 Å². The van der Waals surface area contributed by atoms with E-state index in [1.165, 1.54) is 0 Å². The second-order valence-electron chi connectivity index (χ2n) is 4.54. The Morgan fingerprint density at radius 2 is 2.09 bits per heavy atom. The van der Waals surface area contributed by atoms with E-state index in [2.05, 4.69) is 27.4 Å². The van der Waals surface area contributed by atoms with Crippen LogP contribution in [0.3, 0.4) is 0 Å². The molecule has 0 saturated heterocycles. The van der Waals surface area contributed by atoms with E-state index in [1.807, 2.05) is 30.0 Å². The number of rotatable bonds is 6. The normalized spacial score (nSPS) is 14.0. The van der Waals surface area contributed by atoms with Crippen molar-refractivity contribution in [2.75, 3.05) is 32.3 Å². The highest BCUT2D eigenvalue weighted by molar-refractivity contribution is 6.05. The summed E-state index contributed by atoms with van der Waals surface area (Å²) in [5.41, 5.74) is 6.83. The molecule has 7 heteroatoms. The lowest BCUT2D eigenvalue weighted by molar-refractivity contribution is 0.355. The number of methoxy groups -OCH3 is 2. The van der Waals surface area contributed by atoms with Crippen LogP contribution in [0.5, 0.6) is 11.5 Å². The molecule has 0 radical (unpaired) electrons. The molecule has 0 aliphatic carbocycles. The van der Waals surface area contributed by atoms with Crippen molar-refractivity contribution in [2.24, 2.45) is 9.98 Å². The van der Waals surface area contributed by atoms with Crippen molar-refractivity contribution in [3.8, 4) is 11.5 Å². The molecular weight excluding hydrogens is 282 g/mol. The number of anilines is 1. The summed E-state index contributed by atoms with van der Waals surface area (Å²) in [6.45, 7) is 6.67. The number of nitrogens with zero attached hydrogens (tertiary/aromatic N) is 3. The van der Waals surface area contributed by atoms with Crippen molar-refractivity contribution in [1.82, 2.24) is 10.9 Å². The van der Waals surface area contributed by atoms with Gasteiger partial charge in [0.05, 0.1) is 14.2 Å². The van der Waals surface area contributed by atoms with E-state index < -0.39 is 0 Å². The summed E-state index contributed by atoms with van der Waals surface area (Å²) in [5.74, 6) is 2.76. The molecule has 1 aliphatic rings. The van der Waals surface area contributed by atoms with Crippen molar-refractivity contribution in [1.29, 1.82) is 0 Å². The maximum Gasteiger partial charge on any atom is 0.236 e. The van der Waals surface area contributed by atoms with Crippen LogP contribution in [0.4, 0.5) is 5.69 Å². The van der Waals surface area contributed by atoms with E-state index in [4.69, 9.17) is 9.47 Å². The van der Waals surface area contributed by atoms with Crippen LogP contribution in [0, 0.1) is 0 Å². The summed E-state index contributed by atoms with van der Waals surface area (Å²) in [6, 6.07) is 5.72. The number of hydrazine groups is 1. The van der Waals surface area contributed by atoms with Gasteiger partial charge in [-0.05, 0) is 19.1 Å². The van der Waals surface area contributed by atoms with Gasteiger partial charge in [0.2, 0.25) is 5.96 Å². The number of hydrogen-bond donors (Lipinski definition) is 2. The molecule has 7 nitrogen and oxygen atoms in total. The lowest BCUT2D eigenvalue weighted by Crippen LogP contribution is -2.42. The van der Waals surface area contributed by atoms with Crippen LogP contribution in [0.1, 0.15) is 6.92 Å². The van der Waals surface area contributed by atoms with Crippen LogP contribution in [0.2, 0.25) is 0 Å². The third kappa shape index (κ3) is 3.56. The minimum Gasteiger partial charge on any atom is -0.493 e. The summed E-state index contributed by atoms with van der Waals surface area (Å²) in [5, 5.41) is 0. The van der Waals surface area contributed by atoms with Crippen molar-refractivity contribution in [3.05, 3.63) is 30.9 Å². The molecule has 1 aromatic rings. The predicted octanol–water partition coefficient (Wildman–Crippen LogP) is 1.54. The molecular formula is C15H21N5O2. The summed E-state index contributed by atoms with van der Waals surface area (Å²) < 4.78 is 10.6. The van der Waals surface area contributed by atoms with E-state index in [0.29, 0.717) is 30.7 Å². The Morgan fingerprint density at radius 1 is 1.32 bits per heavy atom. The number of guanidine groups is 1. The van der Waals surface area contributed by atoms with Gasteiger partial charge in [-0.3, -0.25) is 5.43 Å². The molecule has 0 saturated carbocycles. The van der Waals surface area contributed by atoms with E-state index in [-0.39, 0.29) is 0 Å². The Balaban J connectivity index is 2.12. The molecule has 0 atom stereocenters. The number of ether oxygens (including phenoxy) is 2. The number of hydrogen-bond acceptors (Lipinski definition) is 7. The van der Waals surface area contributed by atoms with Gasteiger partial charge in [-0.25, -0.2) is 10.4 Å². The second kappa shape index (κ2) is 7.46. The maximum absolute atomic E-state index is 5.33. The van der Waals surface area contributed by atoms with Crippen LogP contribution in [0.25, 0.3) is 0 Å². The van der Waals surface area contributed by atoms with Gasteiger partial charge in [0.15, 0.2) is 11.5 Å². The van der Waals surface area contributed by atoms with E-state index >= 15 is 0 Å². The third-order valence-electron chi connectivity index (χ3n) is 3.15. The molecule has 118 valence electrons. The molecule has 2 N–H and O–H groups in total. The molecule has 0 spiro atoms. The van der Waals surface area contributed by atoms with Gasteiger partial charge in [-0.15, -0.1) is 6.58 Å². The van der Waals surface area contributed by atoms with Crippen LogP contribution in [-0.2, 0) is 0 Å². The average molecular weight is 303 g/mol. The summed E-state index contributed by atoms with van der Waals surface area (Å²) in [4.78, 5) is 10.8. The number of aliphatic imine (C=N–C) groups is 2. The summed E-state index contributed by atoms with van der Waals surface area (Å²) >= 11 is 0. The van der Waals surface area contributed by atoms with E-state index in [9.17, 15) is 0 Å². The van der Waals surface area contributed by atoms with Gasteiger partial charge in [0.25, 0.3) is 0 Å². The first-order chi connectivity index (χ1) is 10.7. The fourth-order valence-electron chi connectivity index (χ4n) is 2.02. The van der Waals surface area contributed by atoms with Gasteiger partial charge in [-0.1, -0.05) is 6.08 Å². The van der Waals surface area contributed by atoms with E-state index in [1.54, 1.807) is 20.3 Å². The minimum atomic E-state index is 0.475. The zero-order valence-corrected chi connectivity index (χ0v) is 13.1. The average Bonchev–Trinajstić information content (AvgIpc) is 2.54. The van der Waals surface area contributed by atoms with Crippen LogP contribution >= 0.6 is 0 Å². The molecule has 0 fully saturated rings. The van der Waals surface area contributed by atoms with Crippen molar-refractivity contribution >= 4 is 17.5 Å². The van der Waals surface area contributed by atoms with Crippen molar-refractivity contribution < 1.29 is 9.47 Å². The van der Waals surface area contributed by atoms with Crippen LogP contribution in [0.15, 0.2) is 40.8 Å². The van der Waals surface area contributed by atoms with Crippen molar-refractivity contribution in [2.45, 2.75) is 6.92 Å². The van der Waals surface area contributed by atoms with Crippen molar-refractivity contribution in [3.63, 3.8) is 0 Å². The van der Waals surface area contributed by atoms with Gasteiger partial charge in [-0.2, -0.15) is 4.99 Å². The zero-order valence-electron chi connectivity index (χ0n) is 13.1. The first-order valence-electron chi connectivity index (χ1n) is 6.88. The Kier molecular flexibility index (Phi) is 5.37. The number of nitrogens with one attached hydrogen (secondary N) is 2. The molecule has 2 rings (SSSR count). The molecule has 1 aromatic carbocycles. The zero-order chi connectivity index (χ0) is 15.9. The SMILES string of the molecule is C=CCNNC1=NCN(c2ccc(OC)c(OC)c2)C(C)=N1. The largest absolute Gasteiger partial charge is 0.493 e. The Morgan fingerprint density at radius 3 is 2.73 bits per heavy atom. The molecule has 0 unspecified atom stereocenters. The topological polar surface area (TPSA) is 70.5 Å². The highest BCUT2D eigenvalue weighted by atomic mass is 16.5. The standard InChI is InChI=1S/C15H21N5O2/c1-5-8-17-19-15-16-10-20(11(2)18-15)12-6-7-13(21-3)14(9-12)22-4/h5-7,9,17H,1,8,10H2,2-4H3,(H,16,19). The monoisotopic (exact) mass is 303 g/mol. The number of amidine groups is 1. The fraction of sp³-hybridized carbons (Fsp3) is 0.333. The smallest absolute Gasteiger partial charge is 0.236 e. The summed E-state index contributed by atoms with van der Waals surface area (Å²) in [6.07, 6.45) is 1.75. The molecule has 1 heterocycles. The quantitative estimate of drug-likeness (QED) is 0.474. The second-order valence-corrected chi connectivity index (χ2v) is 4.54. The Hall–Kier alpha value is -2.54. The molecule has 1 aliphatic heterocycles. The number of benzene rings is 1. The van der Waals surface area contributed by atoms with Gasteiger partial charge >= 0.3 is 0 Å². The fourth-order valence-corrected chi connectivity index (χ4v) is 2.02. The van der Waals surface area contributed by atoms with Gasteiger partial charge in [0, 0.05) is 18.3 Å². The first-order valence-corrected chi connectivity index (χ1v) is 6.88. The highest BCUT2D eigenvalue weighted by Crippen LogP contribution is 2.31. The first kappa shape index (κ1) is 15.8. The van der Waals surface area contributed by atoms with Crippen LogP contribution < -0.4 is 25.2 Å². The maximum atomic E-state index is 5.33. The molecule has 0 aromatic heterocycles. The highest BCUT2D eigenvalue weighted by Gasteiger charge is 2.17. The molecule has 0 amide bonds. The minimum absolute atomic E-state index is 0.475. The lowest BCUT2D eigenvalue weighted by Gasteiger charge is -2.26. The molecule has 0 bridgehead atoms. The third-order valence-corrected chi connectivity index (χ3v) is 3.15. The Bertz CT molecular complexity index is 598.